The number of carbonyl (C=O) groups is 1. The van der Waals surface area contributed by atoms with E-state index in [-0.39, 0.29) is 10.8 Å². The van der Waals surface area contributed by atoms with E-state index < -0.39 is 16.1 Å². The van der Waals surface area contributed by atoms with Gasteiger partial charge in [-0.2, -0.15) is 0 Å². The number of hydrogen-bond donors (Lipinski definition) is 2. The first-order valence-corrected chi connectivity index (χ1v) is 8.89. The van der Waals surface area contributed by atoms with Gasteiger partial charge in [-0.25, -0.2) is 13.6 Å². The van der Waals surface area contributed by atoms with E-state index in [1.807, 2.05) is 32.0 Å². The molecule has 6 nitrogen and oxygen atoms in total. The fourth-order valence-electron chi connectivity index (χ4n) is 2.15. The average Bonchev–Trinajstić information content (AvgIpc) is 2.49. The zero-order chi connectivity index (χ0) is 17.9. The molecule has 0 fully saturated rings. The standard InChI is InChI=1S/C17H20N2O4S/c1-11-4-9-16(12(2)10-11)23-13(3)17(20)19-14-5-7-15(8-6-14)24(18,21)22/h4-10,13H,1-3H3,(H,19,20)(H2,18,21,22). The number of carbonyl (C=O) groups excluding carboxylic acids is 1. The van der Waals surface area contributed by atoms with Gasteiger partial charge in [-0.05, 0) is 56.7 Å². The normalized spacial score (nSPS) is 12.5. The highest BCUT2D eigenvalue weighted by Gasteiger charge is 2.16. The van der Waals surface area contributed by atoms with E-state index in [1.165, 1.54) is 24.3 Å². The molecule has 2 aromatic rings. The summed E-state index contributed by atoms with van der Waals surface area (Å²) in [6.45, 7) is 5.55. The fourth-order valence-corrected chi connectivity index (χ4v) is 2.66. The van der Waals surface area contributed by atoms with E-state index in [9.17, 15) is 13.2 Å². The molecule has 128 valence electrons. The maximum absolute atomic E-state index is 12.2. The van der Waals surface area contributed by atoms with E-state index in [4.69, 9.17) is 9.88 Å². The summed E-state index contributed by atoms with van der Waals surface area (Å²) in [5.41, 5.74) is 2.53. The Hall–Kier alpha value is -2.38. The van der Waals surface area contributed by atoms with E-state index >= 15 is 0 Å². The van der Waals surface area contributed by atoms with Gasteiger partial charge >= 0.3 is 0 Å². The third kappa shape index (κ3) is 4.56. The van der Waals surface area contributed by atoms with Gasteiger partial charge < -0.3 is 10.1 Å². The van der Waals surface area contributed by atoms with Gasteiger partial charge in [-0.3, -0.25) is 4.79 Å². The van der Waals surface area contributed by atoms with E-state index in [0.29, 0.717) is 11.4 Å². The summed E-state index contributed by atoms with van der Waals surface area (Å²) >= 11 is 0. The molecule has 0 aliphatic carbocycles. The summed E-state index contributed by atoms with van der Waals surface area (Å²) in [7, 11) is -3.75. The monoisotopic (exact) mass is 348 g/mol. The lowest BCUT2D eigenvalue weighted by molar-refractivity contribution is -0.122. The quantitative estimate of drug-likeness (QED) is 0.866. The number of primary sulfonamides is 1. The predicted molar refractivity (Wildman–Crippen MR) is 92.5 cm³/mol. The van der Waals surface area contributed by atoms with Crippen LogP contribution in [0.4, 0.5) is 5.69 Å². The Morgan fingerprint density at radius 1 is 1.12 bits per heavy atom. The highest BCUT2D eigenvalue weighted by molar-refractivity contribution is 7.89. The van der Waals surface area contributed by atoms with Crippen LogP contribution in [0.3, 0.4) is 0 Å². The summed E-state index contributed by atoms with van der Waals surface area (Å²) in [6, 6.07) is 11.3. The summed E-state index contributed by atoms with van der Waals surface area (Å²) in [6.07, 6.45) is -0.704. The van der Waals surface area contributed by atoms with Gasteiger partial charge in [-0.15, -0.1) is 0 Å². The molecule has 2 rings (SSSR count). The number of amides is 1. The summed E-state index contributed by atoms with van der Waals surface area (Å²) in [5.74, 6) is 0.311. The first kappa shape index (κ1) is 18.0. The summed E-state index contributed by atoms with van der Waals surface area (Å²) < 4.78 is 28.1. The number of ether oxygens (including phenoxy) is 1. The Bertz CT molecular complexity index is 845. The van der Waals surface area contributed by atoms with E-state index in [0.717, 1.165) is 11.1 Å². The van der Waals surface area contributed by atoms with Crippen LogP contribution in [0.5, 0.6) is 5.75 Å². The average molecular weight is 348 g/mol. The number of nitrogens with two attached hydrogens (primary N) is 1. The Labute approximate surface area is 141 Å². The minimum Gasteiger partial charge on any atom is -0.481 e. The zero-order valence-corrected chi connectivity index (χ0v) is 14.6. The van der Waals surface area contributed by atoms with Gasteiger partial charge in [0, 0.05) is 5.69 Å². The molecule has 1 unspecified atom stereocenters. The molecule has 0 spiro atoms. The van der Waals surface area contributed by atoms with Crippen LogP contribution in [-0.4, -0.2) is 20.4 Å². The largest absolute Gasteiger partial charge is 0.481 e. The molecule has 3 N–H and O–H groups in total. The molecule has 0 saturated heterocycles. The number of sulfonamides is 1. The molecule has 0 saturated carbocycles. The molecule has 0 radical (unpaired) electrons. The van der Waals surface area contributed by atoms with Gasteiger partial charge in [0.05, 0.1) is 4.90 Å². The second-order valence-corrected chi connectivity index (χ2v) is 7.15. The van der Waals surface area contributed by atoms with Crippen molar-refractivity contribution in [2.45, 2.75) is 31.8 Å². The molecule has 1 atom stereocenters. The second kappa shape index (κ2) is 7.02. The topological polar surface area (TPSA) is 98.5 Å². The van der Waals surface area contributed by atoms with Crippen LogP contribution in [0.25, 0.3) is 0 Å². The van der Waals surface area contributed by atoms with Crippen molar-refractivity contribution in [1.82, 2.24) is 0 Å². The number of nitrogens with one attached hydrogen (secondary N) is 1. The first-order chi connectivity index (χ1) is 11.2. The molecular formula is C17H20N2O4S. The van der Waals surface area contributed by atoms with Crippen LogP contribution < -0.4 is 15.2 Å². The maximum atomic E-state index is 12.2. The highest BCUT2D eigenvalue weighted by atomic mass is 32.2. The molecule has 24 heavy (non-hydrogen) atoms. The SMILES string of the molecule is Cc1ccc(OC(C)C(=O)Nc2ccc(S(N)(=O)=O)cc2)c(C)c1. The van der Waals surface area contributed by atoms with Gasteiger partial charge in [0.15, 0.2) is 6.10 Å². The van der Waals surface area contributed by atoms with Crippen LogP contribution in [0.1, 0.15) is 18.1 Å². The lowest BCUT2D eigenvalue weighted by Crippen LogP contribution is -2.30. The lowest BCUT2D eigenvalue weighted by atomic mass is 10.1. The number of aryl methyl sites for hydroxylation is 2. The molecule has 1 amide bonds. The molecule has 2 aromatic carbocycles. The van der Waals surface area contributed by atoms with Crippen molar-refractivity contribution in [3.8, 4) is 5.75 Å². The summed E-state index contributed by atoms with van der Waals surface area (Å²) in [4.78, 5) is 12.2. The predicted octanol–water partition coefficient (Wildman–Crippen LogP) is 2.36. The molecule has 0 aliphatic rings. The summed E-state index contributed by atoms with van der Waals surface area (Å²) in [5, 5.41) is 7.70. The van der Waals surface area contributed by atoms with E-state index in [2.05, 4.69) is 5.32 Å². The Kier molecular flexibility index (Phi) is 5.26. The van der Waals surface area contributed by atoms with Crippen molar-refractivity contribution in [3.63, 3.8) is 0 Å². The highest BCUT2D eigenvalue weighted by Crippen LogP contribution is 2.20. The number of hydrogen-bond acceptors (Lipinski definition) is 4. The smallest absolute Gasteiger partial charge is 0.265 e. The van der Waals surface area contributed by atoms with Crippen molar-refractivity contribution in [1.29, 1.82) is 0 Å². The number of anilines is 1. The molecule has 0 aliphatic heterocycles. The second-order valence-electron chi connectivity index (χ2n) is 5.59. The molecular weight excluding hydrogens is 328 g/mol. The maximum Gasteiger partial charge on any atom is 0.265 e. The van der Waals surface area contributed by atoms with Crippen molar-refractivity contribution < 1.29 is 17.9 Å². The van der Waals surface area contributed by atoms with Crippen molar-refractivity contribution in [2.24, 2.45) is 5.14 Å². The minimum absolute atomic E-state index is 0.0138. The van der Waals surface area contributed by atoms with Gasteiger partial charge in [0.25, 0.3) is 5.91 Å². The fraction of sp³-hybridized carbons (Fsp3) is 0.235. The lowest BCUT2D eigenvalue weighted by Gasteiger charge is -2.16. The molecule has 0 heterocycles. The Morgan fingerprint density at radius 2 is 1.75 bits per heavy atom. The molecule has 0 aromatic heterocycles. The first-order valence-electron chi connectivity index (χ1n) is 7.34. The minimum atomic E-state index is -3.75. The van der Waals surface area contributed by atoms with Gasteiger partial charge in [-0.1, -0.05) is 17.7 Å². The third-order valence-corrected chi connectivity index (χ3v) is 4.38. The third-order valence-electron chi connectivity index (χ3n) is 3.45. The van der Waals surface area contributed by atoms with Crippen LogP contribution >= 0.6 is 0 Å². The zero-order valence-electron chi connectivity index (χ0n) is 13.7. The number of benzene rings is 2. The molecule has 7 heteroatoms. The van der Waals surface area contributed by atoms with Crippen LogP contribution in [0.2, 0.25) is 0 Å². The Balaban J connectivity index is 2.03. The van der Waals surface area contributed by atoms with Crippen molar-refractivity contribution >= 4 is 21.6 Å². The molecule has 0 bridgehead atoms. The van der Waals surface area contributed by atoms with Crippen LogP contribution in [-0.2, 0) is 14.8 Å². The van der Waals surface area contributed by atoms with Gasteiger partial charge in [0.2, 0.25) is 10.0 Å². The van der Waals surface area contributed by atoms with Crippen molar-refractivity contribution in [3.05, 3.63) is 53.6 Å². The van der Waals surface area contributed by atoms with Gasteiger partial charge in [0.1, 0.15) is 5.75 Å². The Morgan fingerprint density at radius 3 is 2.29 bits per heavy atom. The number of rotatable bonds is 5. The van der Waals surface area contributed by atoms with Crippen LogP contribution in [0.15, 0.2) is 47.4 Å². The van der Waals surface area contributed by atoms with Crippen LogP contribution in [0, 0.1) is 13.8 Å². The van der Waals surface area contributed by atoms with Crippen molar-refractivity contribution in [2.75, 3.05) is 5.32 Å². The van der Waals surface area contributed by atoms with E-state index in [1.54, 1.807) is 6.92 Å².